The van der Waals surface area contributed by atoms with Crippen LogP contribution in [0.4, 0.5) is 5.69 Å². The molecule has 0 unspecified atom stereocenters. The number of hydrogen-bond donors (Lipinski definition) is 1. The van der Waals surface area contributed by atoms with Crippen molar-refractivity contribution in [1.82, 2.24) is 5.32 Å². The van der Waals surface area contributed by atoms with E-state index in [4.69, 9.17) is 4.74 Å². The smallest absolute Gasteiger partial charge is 0.194 e. The van der Waals surface area contributed by atoms with Gasteiger partial charge < -0.3 is 15.0 Å². The molecule has 1 saturated heterocycles. The third-order valence-corrected chi connectivity index (χ3v) is 6.85. The number of benzene rings is 2. The molecular weight excluding hydrogens is 374 g/mol. The predicted molar refractivity (Wildman–Crippen MR) is 117 cm³/mol. The number of carbonyl (C=O) groups is 1. The van der Waals surface area contributed by atoms with E-state index in [1.165, 1.54) is 0 Å². The van der Waals surface area contributed by atoms with Crippen LogP contribution in [-0.4, -0.2) is 39.1 Å². The van der Waals surface area contributed by atoms with E-state index in [2.05, 4.69) is 36.2 Å². The summed E-state index contributed by atoms with van der Waals surface area (Å²) < 4.78 is 5.73. The van der Waals surface area contributed by atoms with Gasteiger partial charge in [-0.05, 0) is 52.9 Å². The number of ketones is 1. The molecule has 0 spiro atoms. The summed E-state index contributed by atoms with van der Waals surface area (Å²) in [5, 5.41) is 12.7. The molecule has 0 atom stereocenters. The lowest BCUT2D eigenvalue weighted by molar-refractivity contribution is 0.105. The van der Waals surface area contributed by atoms with Gasteiger partial charge in [0, 0.05) is 42.7 Å². The number of anilines is 1. The largest absolute Gasteiger partial charge is 0.495 e. The summed E-state index contributed by atoms with van der Waals surface area (Å²) in [6.45, 7) is 8.12. The van der Waals surface area contributed by atoms with Crippen molar-refractivity contribution < 1.29 is 9.53 Å². The average Bonchev–Trinajstić information content (AvgIpc) is 3.17. The van der Waals surface area contributed by atoms with Crippen LogP contribution in [0.1, 0.15) is 46.5 Å². The summed E-state index contributed by atoms with van der Waals surface area (Å²) in [5.74, 6) is 0.815. The number of allylic oxidation sites excluding steroid dienone is 2. The highest BCUT2D eigenvalue weighted by atomic mass is 16.5. The van der Waals surface area contributed by atoms with Gasteiger partial charge >= 0.3 is 0 Å². The van der Waals surface area contributed by atoms with Crippen LogP contribution in [0.5, 0.6) is 5.75 Å². The number of nitrogens with one attached hydrogen (secondary N) is 1. The van der Waals surface area contributed by atoms with Gasteiger partial charge in [-0.2, -0.15) is 5.26 Å². The Bertz CT molecular complexity index is 1150. The zero-order valence-electron chi connectivity index (χ0n) is 17.6. The molecule has 0 amide bonds. The molecule has 2 aromatic carbocycles. The van der Waals surface area contributed by atoms with E-state index in [9.17, 15) is 10.1 Å². The molecule has 1 heterocycles. The van der Waals surface area contributed by atoms with Crippen LogP contribution < -0.4 is 15.0 Å². The number of ether oxygens (including phenoxy) is 1. The maximum atomic E-state index is 13.7. The minimum Gasteiger partial charge on any atom is -0.495 e. The van der Waals surface area contributed by atoms with Crippen LogP contribution in [0.2, 0.25) is 0 Å². The van der Waals surface area contributed by atoms with Gasteiger partial charge in [-0.15, -0.1) is 0 Å². The third kappa shape index (κ3) is 2.60. The second-order valence-corrected chi connectivity index (χ2v) is 8.77. The first-order chi connectivity index (χ1) is 14.5. The molecule has 1 N–H and O–H groups in total. The van der Waals surface area contributed by atoms with Crippen molar-refractivity contribution in [2.24, 2.45) is 0 Å². The molecule has 2 aromatic rings. The lowest BCUT2D eigenvalue weighted by Gasteiger charge is -2.37. The Hall–Kier alpha value is -3.10. The molecule has 0 aromatic heterocycles. The summed E-state index contributed by atoms with van der Waals surface area (Å²) >= 11 is 0. The van der Waals surface area contributed by atoms with Gasteiger partial charge in [-0.25, -0.2) is 0 Å². The van der Waals surface area contributed by atoms with Crippen LogP contribution in [0.3, 0.4) is 0 Å². The van der Waals surface area contributed by atoms with Gasteiger partial charge in [0.15, 0.2) is 5.78 Å². The van der Waals surface area contributed by atoms with E-state index in [0.717, 1.165) is 71.0 Å². The Morgan fingerprint density at radius 2 is 1.90 bits per heavy atom. The predicted octanol–water partition coefficient (Wildman–Crippen LogP) is 3.46. The molecule has 1 fully saturated rings. The molecule has 0 saturated carbocycles. The van der Waals surface area contributed by atoms with Gasteiger partial charge in [-0.3, -0.25) is 4.79 Å². The fourth-order valence-electron chi connectivity index (χ4n) is 5.17. The highest BCUT2D eigenvalue weighted by molar-refractivity contribution is 6.33. The summed E-state index contributed by atoms with van der Waals surface area (Å²) in [6.07, 6.45) is 0.716. The summed E-state index contributed by atoms with van der Waals surface area (Å²) in [5.41, 5.74) is 7.22. The standard InChI is InChI=1S/C25H25N3O2/c1-25(2)19-13-21(28-8-6-27-7-9-28)22(30-3)12-18(19)24(29)23-17-5-4-15(14-26)10-16(17)11-20(23)25/h4-5,10,12-13,27H,6-9,11H2,1-3H3. The van der Waals surface area contributed by atoms with Crippen LogP contribution in [-0.2, 0) is 11.8 Å². The van der Waals surface area contributed by atoms with Crippen molar-refractivity contribution in [3.05, 3.63) is 63.7 Å². The van der Waals surface area contributed by atoms with Gasteiger partial charge in [0.2, 0.25) is 0 Å². The fraction of sp³-hybridized carbons (Fsp3) is 0.360. The topological polar surface area (TPSA) is 65.4 Å². The van der Waals surface area contributed by atoms with E-state index < -0.39 is 0 Å². The second-order valence-electron chi connectivity index (χ2n) is 8.77. The number of fused-ring (bicyclic) bond motifs is 3. The normalized spacial score (nSPS) is 19.1. The number of methoxy groups -OCH3 is 1. The molecule has 0 radical (unpaired) electrons. The molecule has 5 rings (SSSR count). The van der Waals surface area contributed by atoms with E-state index in [0.29, 0.717) is 12.0 Å². The van der Waals surface area contributed by atoms with Gasteiger partial charge in [0.05, 0.1) is 24.4 Å². The first-order valence-electron chi connectivity index (χ1n) is 10.5. The zero-order valence-corrected chi connectivity index (χ0v) is 17.6. The monoisotopic (exact) mass is 399 g/mol. The van der Waals surface area contributed by atoms with Crippen LogP contribution >= 0.6 is 0 Å². The average molecular weight is 399 g/mol. The van der Waals surface area contributed by atoms with E-state index in [-0.39, 0.29) is 11.2 Å². The van der Waals surface area contributed by atoms with Crippen molar-refractivity contribution in [1.29, 1.82) is 5.26 Å². The van der Waals surface area contributed by atoms with Gasteiger partial charge in [0.1, 0.15) is 5.75 Å². The highest BCUT2D eigenvalue weighted by Crippen LogP contribution is 2.51. The number of nitriles is 1. The first-order valence-corrected chi connectivity index (χ1v) is 10.5. The number of carbonyl (C=O) groups excluding carboxylic acids is 1. The Balaban J connectivity index is 1.66. The van der Waals surface area contributed by atoms with Crippen molar-refractivity contribution in [2.45, 2.75) is 25.7 Å². The van der Waals surface area contributed by atoms with Gasteiger partial charge in [-0.1, -0.05) is 19.9 Å². The van der Waals surface area contributed by atoms with Crippen molar-refractivity contribution in [3.8, 4) is 11.8 Å². The maximum Gasteiger partial charge on any atom is 0.194 e. The number of piperazine rings is 1. The van der Waals surface area contributed by atoms with Crippen LogP contribution in [0.15, 0.2) is 35.9 Å². The van der Waals surface area contributed by atoms with Crippen molar-refractivity contribution in [2.75, 3.05) is 38.2 Å². The number of rotatable bonds is 2. The molecule has 5 nitrogen and oxygen atoms in total. The summed E-state index contributed by atoms with van der Waals surface area (Å²) in [7, 11) is 1.67. The van der Waals surface area contributed by atoms with Gasteiger partial charge in [0.25, 0.3) is 0 Å². The molecule has 2 aliphatic carbocycles. The minimum atomic E-state index is -0.278. The Labute approximate surface area is 177 Å². The number of nitrogens with zero attached hydrogens (tertiary/aromatic N) is 2. The van der Waals surface area contributed by atoms with Crippen LogP contribution in [0, 0.1) is 11.3 Å². The molecule has 152 valence electrons. The van der Waals surface area contributed by atoms with Crippen LogP contribution in [0.25, 0.3) is 5.57 Å². The molecule has 1 aliphatic heterocycles. The molecule has 3 aliphatic rings. The Kier molecular flexibility index (Phi) is 4.23. The minimum absolute atomic E-state index is 0.0629. The number of hydrogen-bond acceptors (Lipinski definition) is 5. The molecule has 30 heavy (non-hydrogen) atoms. The highest BCUT2D eigenvalue weighted by Gasteiger charge is 2.43. The molecule has 5 heteroatoms. The lowest BCUT2D eigenvalue weighted by atomic mass is 9.68. The SMILES string of the molecule is COc1cc2c(cc1N1CCNCC1)C(C)(C)C1=C(C2=O)c2ccc(C#N)cc2C1. The molecular formula is C25H25N3O2. The quantitative estimate of drug-likeness (QED) is 0.838. The zero-order chi connectivity index (χ0) is 21.0. The molecule has 0 bridgehead atoms. The van der Waals surface area contributed by atoms with E-state index in [1.807, 2.05) is 18.2 Å². The Morgan fingerprint density at radius 1 is 1.13 bits per heavy atom. The number of Topliss-reactive ketones (excluding diaryl/α,β-unsaturated/α-hetero) is 1. The van der Waals surface area contributed by atoms with Crippen molar-refractivity contribution in [3.63, 3.8) is 0 Å². The van der Waals surface area contributed by atoms with E-state index in [1.54, 1.807) is 13.2 Å². The Morgan fingerprint density at radius 3 is 2.60 bits per heavy atom. The second kappa shape index (κ2) is 6.72. The third-order valence-electron chi connectivity index (χ3n) is 6.85. The fourth-order valence-corrected chi connectivity index (χ4v) is 5.17. The summed E-state index contributed by atoms with van der Waals surface area (Å²) in [4.78, 5) is 16.0. The van der Waals surface area contributed by atoms with E-state index >= 15 is 0 Å². The van der Waals surface area contributed by atoms with Crippen molar-refractivity contribution >= 4 is 17.0 Å². The first kappa shape index (κ1) is 18.9. The summed E-state index contributed by atoms with van der Waals surface area (Å²) in [6, 6.07) is 12.0. The lowest BCUT2D eigenvalue weighted by Crippen LogP contribution is -2.44. The maximum absolute atomic E-state index is 13.7.